The smallest absolute Gasteiger partial charge is 0.118 e. The van der Waals surface area contributed by atoms with Crippen LogP contribution in [0.1, 0.15) is 36.2 Å². The Kier molecular flexibility index (Phi) is 4.78. The largest absolute Gasteiger partial charge is 0.341 e. The van der Waals surface area contributed by atoms with E-state index in [0.717, 1.165) is 60.3 Å². The Hall–Kier alpha value is -2.84. The number of fused-ring (bicyclic) bond motifs is 1. The highest BCUT2D eigenvalue weighted by atomic mass is 35.5. The van der Waals surface area contributed by atoms with E-state index in [0.29, 0.717) is 15.6 Å². The summed E-state index contributed by atoms with van der Waals surface area (Å²) in [7, 11) is 0. The minimum atomic E-state index is -0.153. The van der Waals surface area contributed by atoms with Crippen molar-refractivity contribution in [3.05, 3.63) is 87.7 Å². The van der Waals surface area contributed by atoms with Crippen LogP contribution in [-0.4, -0.2) is 23.1 Å². The Morgan fingerprint density at radius 2 is 1.67 bits per heavy atom. The van der Waals surface area contributed by atoms with Crippen molar-refractivity contribution in [1.29, 1.82) is 5.26 Å². The predicted molar refractivity (Wildman–Crippen MR) is 133 cm³/mol. The number of imidazole rings is 1. The number of H-pyrrole nitrogens is 1. The van der Waals surface area contributed by atoms with Crippen LogP contribution >= 0.6 is 23.2 Å². The molecule has 1 saturated carbocycles. The van der Waals surface area contributed by atoms with Crippen LogP contribution in [0.4, 0.5) is 0 Å². The summed E-state index contributed by atoms with van der Waals surface area (Å²) in [6.45, 7) is 2.05. The monoisotopic (exact) mass is 472 g/mol. The molecule has 33 heavy (non-hydrogen) atoms. The summed E-state index contributed by atoms with van der Waals surface area (Å²) in [5, 5.41) is 13.8. The molecule has 1 saturated heterocycles. The lowest BCUT2D eigenvalue weighted by atomic mass is 9.79. The van der Waals surface area contributed by atoms with Gasteiger partial charge in [-0.3, -0.25) is 0 Å². The molecule has 1 spiro atoms. The molecule has 3 aromatic carbocycles. The van der Waals surface area contributed by atoms with Crippen molar-refractivity contribution in [3.63, 3.8) is 0 Å². The number of nitriles is 1. The Morgan fingerprint density at radius 1 is 0.909 bits per heavy atom. The SMILES string of the molecule is N#Cc1cccc(-c2ccc(C3(c4nc5cc(Cl)c(Cl)cc5[nH]4)CC34CCNCC4)cc2)c1. The molecule has 6 rings (SSSR count). The molecule has 4 nitrogen and oxygen atoms in total. The molecule has 1 atom stereocenters. The highest BCUT2D eigenvalue weighted by molar-refractivity contribution is 6.42. The van der Waals surface area contributed by atoms with Crippen LogP contribution in [0, 0.1) is 16.7 Å². The minimum Gasteiger partial charge on any atom is -0.341 e. The Morgan fingerprint density at radius 3 is 2.42 bits per heavy atom. The van der Waals surface area contributed by atoms with Gasteiger partial charge < -0.3 is 10.3 Å². The third-order valence-corrected chi connectivity index (χ3v) is 8.30. The van der Waals surface area contributed by atoms with Gasteiger partial charge in [0.1, 0.15) is 5.82 Å². The molecule has 2 aliphatic rings. The highest BCUT2D eigenvalue weighted by Crippen LogP contribution is 2.71. The molecule has 1 aliphatic carbocycles. The van der Waals surface area contributed by atoms with Crippen molar-refractivity contribution >= 4 is 34.2 Å². The molecule has 2 heterocycles. The van der Waals surface area contributed by atoms with Gasteiger partial charge in [-0.05, 0) is 78.7 Å². The molecule has 1 aromatic heterocycles. The van der Waals surface area contributed by atoms with Gasteiger partial charge in [-0.15, -0.1) is 0 Å². The number of benzene rings is 3. The fourth-order valence-electron chi connectivity index (χ4n) is 5.77. The maximum absolute atomic E-state index is 9.25. The van der Waals surface area contributed by atoms with Gasteiger partial charge in [0.05, 0.1) is 38.1 Å². The maximum atomic E-state index is 9.25. The summed E-state index contributed by atoms with van der Waals surface area (Å²) in [5.74, 6) is 0.997. The maximum Gasteiger partial charge on any atom is 0.118 e. The van der Waals surface area contributed by atoms with E-state index < -0.39 is 0 Å². The average Bonchev–Trinajstić information content (AvgIpc) is 3.29. The first-order valence-electron chi connectivity index (χ1n) is 11.2. The van der Waals surface area contributed by atoms with Crippen molar-refractivity contribution in [1.82, 2.24) is 15.3 Å². The van der Waals surface area contributed by atoms with Crippen molar-refractivity contribution in [3.8, 4) is 17.2 Å². The van der Waals surface area contributed by atoms with Crippen LogP contribution < -0.4 is 5.32 Å². The van der Waals surface area contributed by atoms with E-state index >= 15 is 0 Å². The summed E-state index contributed by atoms with van der Waals surface area (Å²) in [6, 6.07) is 22.5. The fraction of sp³-hybridized carbons (Fsp3) is 0.259. The number of aromatic nitrogens is 2. The van der Waals surface area contributed by atoms with Gasteiger partial charge >= 0.3 is 0 Å². The molecule has 164 valence electrons. The molecular formula is C27H22Cl2N4. The minimum absolute atomic E-state index is 0.153. The van der Waals surface area contributed by atoms with Gasteiger partial charge in [0.25, 0.3) is 0 Å². The lowest BCUT2D eigenvalue weighted by molar-refractivity contribution is 0.315. The molecule has 4 aromatic rings. The topological polar surface area (TPSA) is 64.5 Å². The van der Waals surface area contributed by atoms with Gasteiger partial charge in [-0.1, -0.05) is 59.6 Å². The molecule has 0 radical (unpaired) electrons. The first-order valence-corrected chi connectivity index (χ1v) is 12.0. The normalized spacial score (nSPS) is 21.2. The van der Waals surface area contributed by atoms with Crippen LogP contribution in [0.3, 0.4) is 0 Å². The zero-order chi connectivity index (χ0) is 22.6. The summed E-state index contributed by atoms with van der Waals surface area (Å²) in [4.78, 5) is 8.61. The summed E-state index contributed by atoms with van der Waals surface area (Å²) in [6.07, 6.45) is 3.32. The Balaban J connectivity index is 1.45. The van der Waals surface area contributed by atoms with E-state index in [1.54, 1.807) is 0 Å². The number of hydrogen-bond acceptors (Lipinski definition) is 3. The zero-order valence-electron chi connectivity index (χ0n) is 18.0. The van der Waals surface area contributed by atoms with Gasteiger partial charge in [-0.25, -0.2) is 4.98 Å². The van der Waals surface area contributed by atoms with E-state index in [4.69, 9.17) is 28.2 Å². The number of aromatic amines is 1. The lowest BCUT2D eigenvalue weighted by Crippen LogP contribution is -2.34. The van der Waals surface area contributed by atoms with Crippen LogP contribution in [0.15, 0.2) is 60.7 Å². The summed E-state index contributed by atoms with van der Waals surface area (Å²) >= 11 is 12.5. The summed E-state index contributed by atoms with van der Waals surface area (Å²) < 4.78 is 0. The van der Waals surface area contributed by atoms with Crippen LogP contribution in [-0.2, 0) is 5.41 Å². The van der Waals surface area contributed by atoms with Gasteiger partial charge in [-0.2, -0.15) is 5.26 Å². The van der Waals surface area contributed by atoms with Crippen molar-refractivity contribution < 1.29 is 0 Å². The number of halogens is 2. The second-order valence-electron chi connectivity index (χ2n) is 9.25. The van der Waals surface area contributed by atoms with Crippen molar-refractivity contribution in [2.75, 3.05) is 13.1 Å². The molecule has 1 unspecified atom stereocenters. The third-order valence-electron chi connectivity index (χ3n) is 7.58. The molecule has 2 N–H and O–H groups in total. The van der Waals surface area contributed by atoms with E-state index in [1.165, 1.54) is 5.56 Å². The van der Waals surface area contributed by atoms with Crippen LogP contribution in [0.5, 0.6) is 0 Å². The number of rotatable bonds is 3. The van der Waals surface area contributed by atoms with Crippen LogP contribution in [0.2, 0.25) is 10.0 Å². The van der Waals surface area contributed by atoms with Crippen molar-refractivity contribution in [2.45, 2.75) is 24.7 Å². The second-order valence-corrected chi connectivity index (χ2v) is 10.1. The number of hydrogen-bond donors (Lipinski definition) is 2. The van der Waals surface area contributed by atoms with Crippen molar-refractivity contribution in [2.24, 2.45) is 5.41 Å². The number of nitrogens with one attached hydrogen (secondary N) is 2. The zero-order valence-corrected chi connectivity index (χ0v) is 19.5. The van der Waals surface area contributed by atoms with Gasteiger partial charge in [0, 0.05) is 0 Å². The first-order chi connectivity index (χ1) is 16.0. The average molecular weight is 473 g/mol. The standard InChI is InChI=1S/C27H22Cl2N4/c28-21-13-23-24(14-22(21)29)33-25(32-23)27(16-26(27)8-10-31-11-9-26)20-6-4-18(5-7-20)19-3-1-2-17(12-19)15-30/h1-7,12-14,31H,8-11,16H2,(H,32,33). The third kappa shape index (κ3) is 3.19. The quantitative estimate of drug-likeness (QED) is 0.359. The Labute approximate surface area is 202 Å². The number of nitrogens with zero attached hydrogens (tertiary/aromatic N) is 2. The fourth-order valence-corrected chi connectivity index (χ4v) is 6.10. The molecule has 0 amide bonds. The molecule has 2 fully saturated rings. The highest BCUT2D eigenvalue weighted by Gasteiger charge is 2.69. The van der Waals surface area contributed by atoms with E-state index in [2.05, 4.69) is 40.6 Å². The second kappa shape index (κ2) is 7.60. The lowest BCUT2D eigenvalue weighted by Gasteiger charge is -2.29. The van der Waals surface area contributed by atoms with E-state index in [1.807, 2.05) is 36.4 Å². The molecule has 6 heteroatoms. The predicted octanol–water partition coefficient (Wildman–Crippen LogP) is 6.47. The van der Waals surface area contributed by atoms with E-state index in [9.17, 15) is 5.26 Å². The molecule has 1 aliphatic heterocycles. The summed E-state index contributed by atoms with van der Waals surface area (Å²) in [5.41, 5.74) is 5.91. The Bertz CT molecular complexity index is 1370. The number of piperidine rings is 1. The van der Waals surface area contributed by atoms with Gasteiger partial charge in [0.15, 0.2) is 0 Å². The molecular weight excluding hydrogens is 451 g/mol. The van der Waals surface area contributed by atoms with Gasteiger partial charge in [0.2, 0.25) is 0 Å². The van der Waals surface area contributed by atoms with E-state index in [-0.39, 0.29) is 10.8 Å². The first kappa shape index (κ1) is 20.7. The molecule has 0 bridgehead atoms. The van der Waals surface area contributed by atoms with Crippen LogP contribution in [0.25, 0.3) is 22.2 Å².